The Morgan fingerprint density at radius 1 is 1.19 bits per heavy atom. The molecule has 96 valence electrons. The smallest absolute Gasteiger partial charge is 0.0699 e. The van der Waals surface area contributed by atoms with Crippen LogP contribution in [0, 0.1) is 0 Å². The number of ether oxygens (including phenoxy) is 2. The van der Waals surface area contributed by atoms with E-state index in [4.69, 9.17) is 15.2 Å². The fraction of sp³-hybridized carbons (Fsp3) is 1.00. The molecule has 0 unspecified atom stereocenters. The molecule has 0 heterocycles. The number of hydrogen-bond acceptors (Lipinski definition) is 3. The number of methoxy groups -OCH3 is 1. The second-order valence-corrected chi connectivity index (χ2v) is 5.75. The summed E-state index contributed by atoms with van der Waals surface area (Å²) in [7, 11) is 1.73. The standard InChI is InChI=1S/C13H27NO2/c1-12(2,14)11-13(7-4-5-8-13)16-10-6-9-15-3/h4-11,14H2,1-3H3. The van der Waals surface area contributed by atoms with E-state index in [-0.39, 0.29) is 11.1 Å². The Labute approximate surface area is 99.7 Å². The first-order chi connectivity index (χ1) is 7.47. The van der Waals surface area contributed by atoms with Crippen LogP contribution >= 0.6 is 0 Å². The zero-order valence-corrected chi connectivity index (χ0v) is 11.1. The Bertz CT molecular complexity index is 193. The normalized spacial score (nSPS) is 20.2. The SMILES string of the molecule is COCCCOC1(CC(C)(C)N)CCCC1. The van der Waals surface area contributed by atoms with E-state index in [1.54, 1.807) is 7.11 Å². The van der Waals surface area contributed by atoms with Crippen LogP contribution in [0.4, 0.5) is 0 Å². The third kappa shape index (κ3) is 4.81. The Balaban J connectivity index is 2.39. The van der Waals surface area contributed by atoms with Crippen molar-refractivity contribution in [2.24, 2.45) is 5.73 Å². The summed E-state index contributed by atoms with van der Waals surface area (Å²) in [5, 5.41) is 0. The zero-order chi connectivity index (χ0) is 12.1. The molecule has 0 aliphatic heterocycles. The van der Waals surface area contributed by atoms with Gasteiger partial charge >= 0.3 is 0 Å². The van der Waals surface area contributed by atoms with Crippen LogP contribution < -0.4 is 5.73 Å². The highest BCUT2D eigenvalue weighted by Crippen LogP contribution is 2.38. The van der Waals surface area contributed by atoms with Crippen molar-refractivity contribution in [1.29, 1.82) is 0 Å². The molecule has 16 heavy (non-hydrogen) atoms. The van der Waals surface area contributed by atoms with Crippen LogP contribution in [0.3, 0.4) is 0 Å². The third-order valence-corrected chi connectivity index (χ3v) is 3.19. The van der Waals surface area contributed by atoms with Gasteiger partial charge in [0.15, 0.2) is 0 Å². The summed E-state index contributed by atoms with van der Waals surface area (Å²) >= 11 is 0. The molecule has 1 fully saturated rings. The van der Waals surface area contributed by atoms with Gasteiger partial charge in [-0.3, -0.25) is 0 Å². The van der Waals surface area contributed by atoms with E-state index in [2.05, 4.69) is 13.8 Å². The van der Waals surface area contributed by atoms with Gasteiger partial charge in [0.05, 0.1) is 5.60 Å². The summed E-state index contributed by atoms with van der Waals surface area (Å²) in [6, 6.07) is 0. The Morgan fingerprint density at radius 3 is 2.31 bits per heavy atom. The lowest BCUT2D eigenvalue weighted by atomic mass is 9.86. The molecule has 0 aromatic rings. The molecule has 0 spiro atoms. The molecule has 1 aliphatic rings. The fourth-order valence-electron chi connectivity index (χ4n) is 2.71. The van der Waals surface area contributed by atoms with Gasteiger partial charge in [-0.25, -0.2) is 0 Å². The highest BCUT2D eigenvalue weighted by Gasteiger charge is 2.38. The molecule has 0 amide bonds. The van der Waals surface area contributed by atoms with Crippen LogP contribution in [0.15, 0.2) is 0 Å². The monoisotopic (exact) mass is 229 g/mol. The van der Waals surface area contributed by atoms with Crippen molar-refractivity contribution in [2.45, 2.75) is 63.5 Å². The maximum atomic E-state index is 6.13. The van der Waals surface area contributed by atoms with Crippen molar-refractivity contribution in [2.75, 3.05) is 20.3 Å². The predicted molar refractivity (Wildman–Crippen MR) is 66.5 cm³/mol. The average molecular weight is 229 g/mol. The van der Waals surface area contributed by atoms with E-state index in [1.807, 2.05) is 0 Å². The lowest BCUT2D eigenvalue weighted by Gasteiger charge is -2.35. The average Bonchev–Trinajstić information content (AvgIpc) is 2.59. The largest absolute Gasteiger partial charge is 0.385 e. The summed E-state index contributed by atoms with van der Waals surface area (Å²) < 4.78 is 11.1. The highest BCUT2D eigenvalue weighted by molar-refractivity contribution is 4.93. The summed E-state index contributed by atoms with van der Waals surface area (Å²) in [6.07, 6.45) is 6.83. The van der Waals surface area contributed by atoms with E-state index >= 15 is 0 Å². The first kappa shape index (κ1) is 13.9. The van der Waals surface area contributed by atoms with Crippen molar-refractivity contribution >= 4 is 0 Å². The zero-order valence-electron chi connectivity index (χ0n) is 11.1. The van der Waals surface area contributed by atoms with Gasteiger partial charge in [0.25, 0.3) is 0 Å². The van der Waals surface area contributed by atoms with Crippen LogP contribution in [0.1, 0.15) is 52.4 Å². The van der Waals surface area contributed by atoms with Crippen molar-refractivity contribution in [3.63, 3.8) is 0 Å². The highest BCUT2D eigenvalue weighted by atomic mass is 16.5. The van der Waals surface area contributed by atoms with Crippen LogP contribution in [0.5, 0.6) is 0 Å². The van der Waals surface area contributed by atoms with Gasteiger partial charge < -0.3 is 15.2 Å². The molecule has 0 aromatic heterocycles. The minimum atomic E-state index is -0.133. The summed E-state index contributed by atoms with van der Waals surface area (Å²) in [4.78, 5) is 0. The maximum Gasteiger partial charge on any atom is 0.0699 e. The molecule has 1 rings (SSSR count). The van der Waals surface area contributed by atoms with Crippen LogP contribution in [-0.2, 0) is 9.47 Å². The van der Waals surface area contributed by atoms with E-state index < -0.39 is 0 Å². The quantitative estimate of drug-likeness (QED) is 0.682. The summed E-state index contributed by atoms with van der Waals surface area (Å²) in [6.45, 7) is 5.75. The third-order valence-electron chi connectivity index (χ3n) is 3.19. The molecule has 0 atom stereocenters. The number of hydrogen-bond donors (Lipinski definition) is 1. The maximum absolute atomic E-state index is 6.13. The molecule has 3 heteroatoms. The first-order valence-electron chi connectivity index (χ1n) is 6.39. The minimum Gasteiger partial charge on any atom is -0.385 e. The first-order valence-corrected chi connectivity index (χ1v) is 6.39. The molecule has 1 saturated carbocycles. The van der Waals surface area contributed by atoms with Crippen LogP contribution in [0.2, 0.25) is 0 Å². The van der Waals surface area contributed by atoms with Gasteiger partial charge in [-0.05, 0) is 39.5 Å². The number of nitrogens with two attached hydrogens (primary N) is 1. The van der Waals surface area contributed by atoms with E-state index in [9.17, 15) is 0 Å². The molecule has 1 aliphatic carbocycles. The Morgan fingerprint density at radius 2 is 1.81 bits per heavy atom. The molecule has 0 aromatic carbocycles. The van der Waals surface area contributed by atoms with Gasteiger partial charge in [0.2, 0.25) is 0 Å². The van der Waals surface area contributed by atoms with E-state index in [0.29, 0.717) is 0 Å². The van der Waals surface area contributed by atoms with E-state index in [1.165, 1.54) is 25.7 Å². The van der Waals surface area contributed by atoms with Crippen LogP contribution in [0.25, 0.3) is 0 Å². The fourth-order valence-corrected chi connectivity index (χ4v) is 2.71. The molecule has 0 radical (unpaired) electrons. The van der Waals surface area contributed by atoms with Gasteiger partial charge in [-0.1, -0.05) is 12.8 Å². The molecule has 0 saturated heterocycles. The second-order valence-electron chi connectivity index (χ2n) is 5.75. The molecule has 3 nitrogen and oxygen atoms in total. The Kier molecular flexibility index (Phi) is 5.22. The van der Waals surface area contributed by atoms with Gasteiger partial charge in [0.1, 0.15) is 0 Å². The molecule has 2 N–H and O–H groups in total. The van der Waals surface area contributed by atoms with E-state index in [0.717, 1.165) is 26.1 Å². The van der Waals surface area contributed by atoms with Crippen LogP contribution in [-0.4, -0.2) is 31.5 Å². The molecule has 0 bridgehead atoms. The van der Waals surface area contributed by atoms with Gasteiger partial charge in [-0.2, -0.15) is 0 Å². The van der Waals surface area contributed by atoms with Crippen molar-refractivity contribution in [1.82, 2.24) is 0 Å². The second kappa shape index (κ2) is 5.99. The lowest BCUT2D eigenvalue weighted by molar-refractivity contribution is -0.0620. The minimum absolute atomic E-state index is 0.0476. The summed E-state index contributed by atoms with van der Waals surface area (Å²) in [5.41, 5.74) is 6.04. The Hall–Kier alpha value is -0.120. The van der Waals surface area contributed by atoms with Crippen molar-refractivity contribution < 1.29 is 9.47 Å². The predicted octanol–water partition coefficient (Wildman–Crippen LogP) is 2.48. The lowest BCUT2D eigenvalue weighted by Crippen LogP contribution is -2.43. The summed E-state index contributed by atoms with van der Waals surface area (Å²) in [5.74, 6) is 0. The number of rotatable bonds is 7. The van der Waals surface area contributed by atoms with Gasteiger partial charge in [0, 0.05) is 25.9 Å². The van der Waals surface area contributed by atoms with Gasteiger partial charge in [-0.15, -0.1) is 0 Å². The van der Waals surface area contributed by atoms with Crippen molar-refractivity contribution in [3.05, 3.63) is 0 Å². The molecular weight excluding hydrogens is 202 g/mol. The topological polar surface area (TPSA) is 44.5 Å². The molecular formula is C13H27NO2. The van der Waals surface area contributed by atoms with Crippen molar-refractivity contribution in [3.8, 4) is 0 Å².